The third-order valence-electron chi connectivity index (χ3n) is 2.88. The second-order valence-corrected chi connectivity index (χ2v) is 5.96. The SMILES string of the molecule is CCc1cnc(C(C)Nc2nc(NC)nc(N(C)C)n2)s1. The number of anilines is 3. The second kappa shape index (κ2) is 6.66. The highest BCUT2D eigenvalue weighted by molar-refractivity contribution is 7.11. The summed E-state index contributed by atoms with van der Waals surface area (Å²) < 4.78 is 0. The van der Waals surface area contributed by atoms with Crippen LogP contribution in [-0.2, 0) is 6.42 Å². The van der Waals surface area contributed by atoms with Crippen molar-refractivity contribution in [2.75, 3.05) is 36.7 Å². The van der Waals surface area contributed by atoms with Gasteiger partial charge >= 0.3 is 0 Å². The van der Waals surface area contributed by atoms with E-state index < -0.39 is 0 Å². The Labute approximate surface area is 128 Å². The topological polar surface area (TPSA) is 78.9 Å². The number of nitrogens with zero attached hydrogens (tertiary/aromatic N) is 5. The highest BCUT2D eigenvalue weighted by atomic mass is 32.1. The molecule has 0 spiro atoms. The molecule has 0 amide bonds. The summed E-state index contributed by atoms with van der Waals surface area (Å²) in [4.78, 5) is 20.6. The molecule has 2 N–H and O–H groups in total. The Balaban J connectivity index is 2.19. The Hall–Kier alpha value is -1.96. The van der Waals surface area contributed by atoms with Crippen molar-refractivity contribution in [3.05, 3.63) is 16.1 Å². The molecule has 7 nitrogen and oxygen atoms in total. The van der Waals surface area contributed by atoms with Gasteiger partial charge in [0.05, 0.1) is 6.04 Å². The number of aryl methyl sites for hydroxylation is 1. The highest BCUT2D eigenvalue weighted by Crippen LogP contribution is 2.23. The quantitative estimate of drug-likeness (QED) is 0.846. The van der Waals surface area contributed by atoms with E-state index in [1.165, 1.54) is 4.88 Å². The van der Waals surface area contributed by atoms with Crippen LogP contribution in [0.4, 0.5) is 17.8 Å². The summed E-state index contributed by atoms with van der Waals surface area (Å²) in [5.74, 6) is 1.69. The van der Waals surface area contributed by atoms with E-state index in [1.54, 1.807) is 18.4 Å². The molecule has 114 valence electrons. The first-order chi connectivity index (χ1) is 10.0. The van der Waals surface area contributed by atoms with Crippen LogP contribution >= 0.6 is 11.3 Å². The maximum absolute atomic E-state index is 4.44. The van der Waals surface area contributed by atoms with E-state index in [-0.39, 0.29) is 6.04 Å². The standard InChI is InChI=1S/C13H21N7S/c1-6-9-7-15-10(21-9)8(2)16-12-17-11(14-3)18-13(19-12)20(4)5/h7-8H,6H2,1-5H3,(H2,14,16,17,18,19). The van der Waals surface area contributed by atoms with Crippen LogP contribution in [0.3, 0.4) is 0 Å². The maximum Gasteiger partial charge on any atom is 0.231 e. The van der Waals surface area contributed by atoms with E-state index in [0.29, 0.717) is 17.8 Å². The fourth-order valence-electron chi connectivity index (χ4n) is 1.68. The van der Waals surface area contributed by atoms with E-state index in [4.69, 9.17) is 0 Å². The van der Waals surface area contributed by atoms with Gasteiger partial charge in [-0.3, -0.25) is 0 Å². The fraction of sp³-hybridized carbons (Fsp3) is 0.538. The monoisotopic (exact) mass is 307 g/mol. The van der Waals surface area contributed by atoms with Crippen molar-refractivity contribution in [2.24, 2.45) is 0 Å². The van der Waals surface area contributed by atoms with Gasteiger partial charge in [0.15, 0.2) is 0 Å². The molecule has 0 aliphatic rings. The van der Waals surface area contributed by atoms with Gasteiger partial charge in [-0.2, -0.15) is 15.0 Å². The first-order valence-corrected chi connectivity index (χ1v) is 7.67. The van der Waals surface area contributed by atoms with Gasteiger partial charge in [0.2, 0.25) is 17.8 Å². The van der Waals surface area contributed by atoms with Crippen molar-refractivity contribution in [1.29, 1.82) is 0 Å². The Kier molecular flexibility index (Phi) is 4.89. The van der Waals surface area contributed by atoms with Gasteiger partial charge in [-0.25, -0.2) is 4.98 Å². The predicted molar refractivity (Wildman–Crippen MR) is 87.2 cm³/mol. The zero-order valence-electron chi connectivity index (χ0n) is 13.0. The summed E-state index contributed by atoms with van der Waals surface area (Å²) >= 11 is 1.71. The molecular weight excluding hydrogens is 286 g/mol. The Morgan fingerprint density at radius 2 is 1.95 bits per heavy atom. The molecule has 0 fully saturated rings. The van der Waals surface area contributed by atoms with Gasteiger partial charge in [-0.15, -0.1) is 11.3 Å². The van der Waals surface area contributed by atoms with E-state index >= 15 is 0 Å². The minimum Gasteiger partial charge on any atom is -0.357 e. The molecule has 2 aromatic heterocycles. The summed E-state index contributed by atoms with van der Waals surface area (Å²) in [5, 5.41) is 7.26. The molecule has 0 aromatic carbocycles. The fourth-order valence-corrected chi connectivity index (χ4v) is 2.54. The molecule has 2 heterocycles. The van der Waals surface area contributed by atoms with Crippen LogP contribution < -0.4 is 15.5 Å². The molecule has 2 aromatic rings. The average Bonchev–Trinajstić information content (AvgIpc) is 2.95. The first kappa shape index (κ1) is 15.4. The molecule has 8 heteroatoms. The number of nitrogens with one attached hydrogen (secondary N) is 2. The van der Waals surface area contributed by atoms with Crippen LogP contribution in [0.2, 0.25) is 0 Å². The third-order valence-corrected chi connectivity index (χ3v) is 4.21. The lowest BCUT2D eigenvalue weighted by Crippen LogP contribution is -2.17. The van der Waals surface area contributed by atoms with Crippen LogP contribution in [-0.4, -0.2) is 41.1 Å². The van der Waals surface area contributed by atoms with Gasteiger partial charge in [0, 0.05) is 32.2 Å². The van der Waals surface area contributed by atoms with E-state index in [1.807, 2.05) is 25.2 Å². The summed E-state index contributed by atoms with van der Waals surface area (Å²) in [7, 11) is 5.59. The van der Waals surface area contributed by atoms with Crippen LogP contribution in [0, 0.1) is 0 Å². The largest absolute Gasteiger partial charge is 0.357 e. The van der Waals surface area contributed by atoms with Crippen molar-refractivity contribution in [1.82, 2.24) is 19.9 Å². The number of aromatic nitrogens is 4. The smallest absolute Gasteiger partial charge is 0.231 e. The molecule has 2 rings (SSSR count). The lowest BCUT2D eigenvalue weighted by atomic mass is 10.3. The van der Waals surface area contributed by atoms with Crippen LogP contribution in [0.5, 0.6) is 0 Å². The third kappa shape index (κ3) is 3.78. The molecule has 0 aliphatic heterocycles. The van der Waals surface area contributed by atoms with Gasteiger partial charge in [0.25, 0.3) is 0 Å². The summed E-state index contributed by atoms with van der Waals surface area (Å²) in [6.45, 7) is 4.18. The Morgan fingerprint density at radius 3 is 2.52 bits per heavy atom. The van der Waals surface area contributed by atoms with Gasteiger partial charge in [-0.05, 0) is 13.3 Å². The molecule has 21 heavy (non-hydrogen) atoms. The molecule has 1 atom stereocenters. The lowest BCUT2D eigenvalue weighted by molar-refractivity contribution is 0.838. The van der Waals surface area contributed by atoms with Gasteiger partial charge < -0.3 is 15.5 Å². The number of rotatable bonds is 6. The summed E-state index contributed by atoms with van der Waals surface area (Å²) in [5.41, 5.74) is 0. The molecule has 0 saturated heterocycles. The highest BCUT2D eigenvalue weighted by Gasteiger charge is 2.13. The second-order valence-electron chi connectivity index (χ2n) is 4.81. The van der Waals surface area contributed by atoms with Crippen molar-refractivity contribution in [2.45, 2.75) is 26.3 Å². The van der Waals surface area contributed by atoms with Crippen LogP contribution in [0.1, 0.15) is 29.8 Å². The van der Waals surface area contributed by atoms with Crippen molar-refractivity contribution < 1.29 is 0 Å². The molecule has 1 unspecified atom stereocenters. The minimum atomic E-state index is 0.0532. The number of thiazole rings is 1. The lowest BCUT2D eigenvalue weighted by Gasteiger charge is -2.15. The van der Waals surface area contributed by atoms with Gasteiger partial charge in [-0.1, -0.05) is 6.92 Å². The molecule has 0 bridgehead atoms. The Morgan fingerprint density at radius 1 is 1.24 bits per heavy atom. The molecular formula is C13H21N7S. The first-order valence-electron chi connectivity index (χ1n) is 6.85. The van der Waals surface area contributed by atoms with Crippen LogP contribution in [0.25, 0.3) is 0 Å². The predicted octanol–water partition coefficient (Wildman–Crippen LogP) is 2.17. The van der Waals surface area contributed by atoms with Crippen molar-refractivity contribution in [3.8, 4) is 0 Å². The molecule has 0 radical (unpaired) electrons. The summed E-state index contributed by atoms with van der Waals surface area (Å²) in [6, 6.07) is 0.0532. The average molecular weight is 307 g/mol. The molecule has 0 aliphatic carbocycles. The van der Waals surface area contributed by atoms with Crippen molar-refractivity contribution >= 4 is 29.2 Å². The van der Waals surface area contributed by atoms with Gasteiger partial charge in [0.1, 0.15) is 5.01 Å². The number of hydrogen-bond acceptors (Lipinski definition) is 8. The summed E-state index contributed by atoms with van der Waals surface area (Å²) in [6.07, 6.45) is 2.93. The van der Waals surface area contributed by atoms with E-state index in [0.717, 1.165) is 11.4 Å². The number of hydrogen-bond donors (Lipinski definition) is 2. The van der Waals surface area contributed by atoms with E-state index in [9.17, 15) is 0 Å². The normalized spacial score (nSPS) is 12.0. The van der Waals surface area contributed by atoms with Crippen molar-refractivity contribution in [3.63, 3.8) is 0 Å². The Bertz CT molecular complexity index is 596. The van der Waals surface area contributed by atoms with E-state index in [2.05, 4.69) is 44.4 Å². The zero-order valence-corrected chi connectivity index (χ0v) is 13.8. The zero-order chi connectivity index (χ0) is 15.4. The minimum absolute atomic E-state index is 0.0532. The molecule has 0 saturated carbocycles. The van der Waals surface area contributed by atoms with Crippen LogP contribution in [0.15, 0.2) is 6.20 Å². The maximum atomic E-state index is 4.44.